The van der Waals surface area contributed by atoms with E-state index in [4.69, 9.17) is 0 Å². The fourth-order valence-corrected chi connectivity index (χ4v) is 5.22. The molecule has 1 aromatic carbocycles. The average Bonchev–Trinajstić information content (AvgIpc) is 3.42. The van der Waals surface area contributed by atoms with Crippen molar-refractivity contribution in [2.75, 3.05) is 11.4 Å². The maximum absolute atomic E-state index is 13.0. The van der Waals surface area contributed by atoms with Crippen molar-refractivity contribution in [2.45, 2.75) is 19.9 Å². The van der Waals surface area contributed by atoms with Gasteiger partial charge in [0, 0.05) is 12.2 Å². The predicted molar refractivity (Wildman–Crippen MR) is 112 cm³/mol. The summed E-state index contributed by atoms with van der Waals surface area (Å²) < 4.78 is 1.46. The normalized spacial score (nSPS) is 13.2. The largest absolute Gasteiger partial charge is 0.349 e. The highest BCUT2D eigenvalue weighted by atomic mass is 32.1. The first-order valence-corrected chi connectivity index (χ1v) is 10.6. The molecule has 1 amide bonds. The first-order valence-electron chi connectivity index (χ1n) is 8.92. The number of aromatic nitrogens is 3. The molecule has 4 aromatic rings. The molecule has 28 heavy (non-hydrogen) atoms. The van der Waals surface area contributed by atoms with Crippen molar-refractivity contribution in [1.82, 2.24) is 14.5 Å². The Bertz CT molecular complexity index is 1260. The highest BCUT2D eigenvalue weighted by molar-refractivity contribution is 7.18. The number of benzene rings is 1. The molecule has 0 aliphatic carbocycles. The summed E-state index contributed by atoms with van der Waals surface area (Å²) in [4.78, 5) is 38.1. The van der Waals surface area contributed by atoms with Gasteiger partial charge in [0.05, 0.1) is 9.88 Å². The second kappa shape index (κ2) is 6.65. The molecular weight excluding hydrogens is 392 g/mol. The lowest BCUT2D eigenvalue weighted by molar-refractivity contribution is -0.119. The summed E-state index contributed by atoms with van der Waals surface area (Å²) in [5.41, 5.74) is 2.95. The van der Waals surface area contributed by atoms with Crippen molar-refractivity contribution in [3.05, 3.63) is 62.8 Å². The van der Waals surface area contributed by atoms with Crippen molar-refractivity contribution in [2.24, 2.45) is 0 Å². The molecule has 0 bridgehead atoms. The van der Waals surface area contributed by atoms with E-state index in [9.17, 15) is 9.59 Å². The number of thiazole rings is 1. The Morgan fingerprint density at radius 1 is 1.18 bits per heavy atom. The molecule has 0 unspecified atom stereocenters. The van der Waals surface area contributed by atoms with Crippen LogP contribution in [0.15, 0.2) is 46.6 Å². The number of carbonyl (C=O) groups excluding carboxylic acids is 1. The second-order valence-electron chi connectivity index (χ2n) is 6.62. The zero-order valence-electron chi connectivity index (χ0n) is 15.1. The molecule has 8 heteroatoms. The second-order valence-corrected chi connectivity index (χ2v) is 8.75. The molecule has 0 fully saturated rings. The van der Waals surface area contributed by atoms with Crippen molar-refractivity contribution in [1.29, 1.82) is 0 Å². The number of para-hydroxylation sites is 1. The summed E-state index contributed by atoms with van der Waals surface area (Å²) in [5.74, 6) is -0.106. The van der Waals surface area contributed by atoms with Crippen LogP contribution in [0.25, 0.3) is 20.9 Å². The fourth-order valence-electron chi connectivity index (χ4n) is 3.59. The maximum Gasteiger partial charge on any atom is 0.349 e. The Balaban J connectivity index is 1.57. The average molecular weight is 409 g/mol. The van der Waals surface area contributed by atoms with Gasteiger partial charge in [-0.3, -0.25) is 9.36 Å². The van der Waals surface area contributed by atoms with Gasteiger partial charge in [0.15, 0.2) is 0 Å². The smallest absolute Gasteiger partial charge is 0.310 e. The van der Waals surface area contributed by atoms with E-state index in [1.165, 1.54) is 27.2 Å². The number of aryl methyl sites for hydroxylation is 1. The molecule has 5 rings (SSSR count). The Morgan fingerprint density at radius 2 is 2.04 bits per heavy atom. The van der Waals surface area contributed by atoms with Crippen LogP contribution in [-0.2, 0) is 17.8 Å². The molecule has 0 spiro atoms. The van der Waals surface area contributed by atoms with E-state index in [0.29, 0.717) is 22.6 Å². The third-order valence-electron chi connectivity index (χ3n) is 4.86. The Kier molecular flexibility index (Phi) is 4.10. The Labute approximate surface area is 168 Å². The van der Waals surface area contributed by atoms with E-state index in [-0.39, 0.29) is 12.5 Å². The maximum atomic E-state index is 13.0. The van der Waals surface area contributed by atoms with Gasteiger partial charge >= 0.3 is 5.69 Å². The summed E-state index contributed by atoms with van der Waals surface area (Å²) in [6.07, 6.45) is 0.835. The first-order chi connectivity index (χ1) is 13.6. The fraction of sp³-hybridized carbons (Fsp3) is 0.200. The van der Waals surface area contributed by atoms with Crippen molar-refractivity contribution < 1.29 is 4.79 Å². The lowest BCUT2D eigenvalue weighted by atomic mass is 10.2. The van der Waals surface area contributed by atoms with Crippen LogP contribution >= 0.6 is 22.7 Å². The van der Waals surface area contributed by atoms with Crippen LogP contribution in [-0.4, -0.2) is 27.0 Å². The monoisotopic (exact) mass is 408 g/mol. The quantitative estimate of drug-likeness (QED) is 0.520. The van der Waals surface area contributed by atoms with Gasteiger partial charge in [-0.05, 0) is 36.4 Å². The van der Waals surface area contributed by atoms with Gasteiger partial charge in [-0.2, -0.15) is 4.98 Å². The number of hydrogen-bond acceptors (Lipinski definition) is 6. The third-order valence-corrected chi connectivity index (χ3v) is 6.73. The molecule has 0 saturated heterocycles. The van der Waals surface area contributed by atoms with Gasteiger partial charge in [-0.25, -0.2) is 9.78 Å². The topological polar surface area (TPSA) is 68.1 Å². The van der Waals surface area contributed by atoms with E-state index in [1.807, 2.05) is 48.7 Å². The lowest BCUT2D eigenvalue weighted by Crippen LogP contribution is -2.36. The lowest BCUT2D eigenvalue weighted by Gasteiger charge is -2.18. The SMILES string of the molecule is Cc1nc2c(-c3cccs3)nc(=O)n(CC(=O)N3CCc4ccccc43)c2s1. The zero-order chi connectivity index (χ0) is 19.3. The molecular formula is C20H16N4O2S2. The van der Waals surface area contributed by atoms with Gasteiger partial charge in [0.25, 0.3) is 0 Å². The van der Waals surface area contributed by atoms with Crippen LogP contribution < -0.4 is 10.6 Å². The van der Waals surface area contributed by atoms with Gasteiger partial charge in [-0.15, -0.1) is 22.7 Å². The first kappa shape index (κ1) is 17.3. The van der Waals surface area contributed by atoms with Crippen LogP contribution in [0, 0.1) is 6.92 Å². The standard InChI is InChI=1S/C20H16N4O2S2/c1-12-21-18-17(15-7-4-10-27-15)22-20(26)24(19(18)28-12)11-16(25)23-9-8-13-5-2-3-6-14(13)23/h2-7,10H,8-9,11H2,1H3. The molecule has 1 aliphatic heterocycles. The predicted octanol–water partition coefficient (Wildman–Crippen LogP) is 3.48. The van der Waals surface area contributed by atoms with E-state index < -0.39 is 5.69 Å². The van der Waals surface area contributed by atoms with Crippen LogP contribution in [0.5, 0.6) is 0 Å². The molecule has 3 aromatic heterocycles. The van der Waals surface area contributed by atoms with E-state index in [2.05, 4.69) is 9.97 Å². The van der Waals surface area contributed by atoms with Crippen molar-refractivity contribution in [3.8, 4) is 10.6 Å². The highest BCUT2D eigenvalue weighted by Crippen LogP contribution is 2.32. The number of nitrogens with zero attached hydrogens (tertiary/aromatic N) is 4. The number of amides is 1. The summed E-state index contributed by atoms with van der Waals surface area (Å²) in [6.45, 7) is 2.50. The minimum atomic E-state index is -0.416. The van der Waals surface area contributed by atoms with Crippen LogP contribution in [0.4, 0.5) is 5.69 Å². The van der Waals surface area contributed by atoms with E-state index in [1.54, 1.807) is 4.90 Å². The molecule has 1 aliphatic rings. The minimum absolute atomic E-state index is 0.0387. The van der Waals surface area contributed by atoms with E-state index >= 15 is 0 Å². The molecule has 0 N–H and O–H groups in total. The van der Waals surface area contributed by atoms with Crippen molar-refractivity contribution >= 4 is 44.6 Å². The minimum Gasteiger partial charge on any atom is -0.310 e. The van der Waals surface area contributed by atoms with Gasteiger partial charge in [-0.1, -0.05) is 24.3 Å². The zero-order valence-corrected chi connectivity index (χ0v) is 16.7. The van der Waals surface area contributed by atoms with Crippen LogP contribution in [0.1, 0.15) is 10.6 Å². The van der Waals surface area contributed by atoms with Crippen molar-refractivity contribution in [3.63, 3.8) is 0 Å². The number of thiophene rings is 1. The molecule has 4 heterocycles. The van der Waals surface area contributed by atoms with E-state index in [0.717, 1.165) is 27.6 Å². The summed E-state index contributed by atoms with van der Waals surface area (Å²) >= 11 is 2.94. The third kappa shape index (κ3) is 2.76. The molecule has 140 valence electrons. The number of fused-ring (bicyclic) bond motifs is 2. The highest BCUT2D eigenvalue weighted by Gasteiger charge is 2.26. The Hall–Kier alpha value is -2.84. The molecule has 0 atom stereocenters. The number of rotatable bonds is 3. The summed E-state index contributed by atoms with van der Waals surface area (Å²) in [7, 11) is 0. The summed E-state index contributed by atoms with van der Waals surface area (Å²) in [6, 6.07) is 11.8. The molecule has 0 saturated carbocycles. The van der Waals surface area contributed by atoms with Crippen LogP contribution in [0.2, 0.25) is 0 Å². The van der Waals surface area contributed by atoms with Crippen LogP contribution in [0.3, 0.4) is 0 Å². The number of hydrogen-bond donors (Lipinski definition) is 0. The summed E-state index contributed by atoms with van der Waals surface area (Å²) in [5, 5.41) is 2.79. The Morgan fingerprint density at radius 3 is 2.86 bits per heavy atom. The van der Waals surface area contributed by atoms with Gasteiger partial charge < -0.3 is 4.90 Å². The molecule has 6 nitrogen and oxygen atoms in total. The molecule has 0 radical (unpaired) electrons. The van der Waals surface area contributed by atoms with Gasteiger partial charge in [0.1, 0.15) is 22.6 Å². The number of anilines is 1. The van der Waals surface area contributed by atoms with Gasteiger partial charge in [0.2, 0.25) is 5.91 Å². The number of carbonyl (C=O) groups is 1.